The number of carbonyl (C=O) groups excluding carboxylic acids is 2. The molecule has 0 aliphatic carbocycles. The summed E-state index contributed by atoms with van der Waals surface area (Å²) in [6.45, 7) is 3.60. The van der Waals surface area contributed by atoms with Crippen molar-refractivity contribution >= 4 is 28.8 Å². The van der Waals surface area contributed by atoms with Crippen molar-refractivity contribution in [3.05, 3.63) is 56.8 Å². The second kappa shape index (κ2) is 7.56. The number of nitrogens with zero attached hydrogens (tertiary/aromatic N) is 1. The Balaban J connectivity index is 1.61. The number of thiophene rings is 1. The Bertz CT molecular complexity index is 1050. The minimum Gasteiger partial charge on any atom is -0.507 e. The average Bonchev–Trinajstić information content (AvgIpc) is 3.52. The van der Waals surface area contributed by atoms with Crippen molar-refractivity contribution < 1.29 is 24.2 Å². The van der Waals surface area contributed by atoms with Gasteiger partial charge in [-0.2, -0.15) is 0 Å². The maximum Gasteiger partial charge on any atom is 0.295 e. The lowest BCUT2D eigenvalue weighted by molar-refractivity contribution is -0.140. The van der Waals surface area contributed by atoms with E-state index < -0.39 is 17.7 Å². The van der Waals surface area contributed by atoms with Gasteiger partial charge in [-0.15, -0.1) is 11.3 Å². The van der Waals surface area contributed by atoms with E-state index in [4.69, 9.17) is 9.47 Å². The Labute approximate surface area is 178 Å². The van der Waals surface area contributed by atoms with Crippen LogP contribution in [0.5, 0.6) is 5.75 Å². The first-order chi connectivity index (χ1) is 14.5. The smallest absolute Gasteiger partial charge is 0.295 e. The van der Waals surface area contributed by atoms with Crippen LogP contribution in [0.4, 0.5) is 0 Å². The van der Waals surface area contributed by atoms with Crippen molar-refractivity contribution in [3.63, 3.8) is 0 Å². The number of aliphatic hydroxyl groups excluding tert-OH is 1. The molecule has 6 nitrogen and oxygen atoms in total. The van der Waals surface area contributed by atoms with Gasteiger partial charge >= 0.3 is 0 Å². The molecule has 1 amide bonds. The number of benzene rings is 1. The summed E-state index contributed by atoms with van der Waals surface area (Å²) in [6, 6.07) is 6.78. The largest absolute Gasteiger partial charge is 0.507 e. The van der Waals surface area contributed by atoms with Crippen molar-refractivity contribution in [3.8, 4) is 5.75 Å². The number of hydrogen-bond donors (Lipinski definition) is 1. The highest BCUT2D eigenvalue weighted by molar-refractivity contribution is 7.10. The highest BCUT2D eigenvalue weighted by atomic mass is 32.1. The molecule has 156 valence electrons. The van der Waals surface area contributed by atoms with Crippen LogP contribution in [-0.2, 0) is 20.7 Å². The topological polar surface area (TPSA) is 76.1 Å². The lowest BCUT2D eigenvalue weighted by Crippen LogP contribution is -2.36. The number of amides is 1. The molecule has 2 fully saturated rings. The molecule has 2 atom stereocenters. The molecule has 0 saturated carbocycles. The number of Topliss-reactive ketones (excluding diaryl/α,β-unsaturated/α-hetero) is 1. The summed E-state index contributed by atoms with van der Waals surface area (Å²) < 4.78 is 11.3. The third kappa shape index (κ3) is 3.13. The van der Waals surface area contributed by atoms with Gasteiger partial charge in [-0.3, -0.25) is 9.59 Å². The van der Waals surface area contributed by atoms with Crippen LogP contribution >= 0.6 is 11.3 Å². The lowest BCUT2D eigenvalue weighted by Gasteiger charge is -2.27. The van der Waals surface area contributed by atoms with Crippen LogP contribution < -0.4 is 4.74 Å². The molecule has 1 aromatic carbocycles. The van der Waals surface area contributed by atoms with Gasteiger partial charge in [0, 0.05) is 30.0 Å². The molecule has 0 bridgehead atoms. The molecule has 2 saturated heterocycles. The third-order valence-electron chi connectivity index (χ3n) is 6.08. The molecule has 1 N–H and O–H groups in total. The highest BCUT2D eigenvalue weighted by Crippen LogP contribution is 2.43. The van der Waals surface area contributed by atoms with E-state index in [2.05, 4.69) is 0 Å². The van der Waals surface area contributed by atoms with E-state index in [1.54, 1.807) is 11.0 Å². The molecule has 30 heavy (non-hydrogen) atoms. The van der Waals surface area contributed by atoms with Gasteiger partial charge in [-0.1, -0.05) is 0 Å². The van der Waals surface area contributed by atoms with Gasteiger partial charge in [0.1, 0.15) is 11.5 Å². The molecule has 7 heteroatoms. The van der Waals surface area contributed by atoms with Gasteiger partial charge in [0.05, 0.1) is 24.3 Å². The molecule has 3 aliphatic heterocycles. The minimum atomic E-state index is -0.639. The predicted octanol–water partition coefficient (Wildman–Crippen LogP) is 3.59. The molecule has 0 spiro atoms. The van der Waals surface area contributed by atoms with Crippen LogP contribution in [0.25, 0.3) is 5.76 Å². The Morgan fingerprint density at radius 3 is 2.87 bits per heavy atom. The monoisotopic (exact) mass is 425 g/mol. The number of fused-ring (bicyclic) bond motifs is 1. The molecular formula is C23H23NO5S. The summed E-state index contributed by atoms with van der Waals surface area (Å²) in [6.07, 6.45) is 2.50. The molecular weight excluding hydrogens is 402 g/mol. The number of hydrogen-bond acceptors (Lipinski definition) is 6. The van der Waals surface area contributed by atoms with Crippen molar-refractivity contribution in [1.82, 2.24) is 4.90 Å². The first-order valence-electron chi connectivity index (χ1n) is 10.2. The fraction of sp³-hybridized carbons (Fsp3) is 0.391. The Morgan fingerprint density at radius 1 is 1.27 bits per heavy atom. The fourth-order valence-corrected chi connectivity index (χ4v) is 5.55. The van der Waals surface area contributed by atoms with Gasteiger partial charge in [0.2, 0.25) is 0 Å². The molecule has 0 radical (unpaired) electrons. The number of likely N-dealkylation sites (tertiary alicyclic amines) is 1. The quantitative estimate of drug-likeness (QED) is 0.460. The standard InChI is InChI=1S/C23H23NO5S/c1-13-7-10-30-22(13)19-18(20(25)15-4-5-17-14(11-15)6-9-29-17)21(26)23(27)24(19)12-16-3-2-8-28-16/h4-5,7,10-11,16,19,25H,2-3,6,8-9,12H2,1H3/b20-18-. The van der Waals surface area contributed by atoms with E-state index in [9.17, 15) is 14.7 Å². The van der Waals surface area contributed by atoms with Gasteiger partial charge in [0.15, 0.2) is 0 Å². The van der Waals surface area contributed by atoms with Crippen molar-refractivity contribution in [1.29, 1.82) is 0 Å². The number of ether oxygens (including phenoxy) is 2. The average molecular weight is 426 g/mol. The fourth-order valence-electron chi connectivity index (χ4n) is 4.50. The number of rotatable bonds is 4. The molecule has 4 heterocycles. The summed E-state index contributed by atoms with van der Waals surface area (Å²) in [5, 5.41) is 13.1. The maximum atomic E-state index is 13.1. The second-order valence-electron chi connectivity index (χ2n) is 7.98. The van der Waals surface area contributed by atoms with Gasteiger partial charge in [0.25, 0.3) is 11.7 Å². The summed E-state index contributed by atoms with van der Waals surface area (Å²) in [5.41, 5.74) is 2.69. The normalized spacial score (nSPS) is 25.0. The van der Waals surface area contributed by atoms with E-state index in [0.29, 0.717) is 25.3 Å². The van der Waals surface area contributed by atoms with Crippen LogP contribution in [0.2, 0.25) is 0 Å². The zero-order valence-electron chi connectivity index (χ0n) is 16.7. The Hall–Kier alpha value is -2.64. The molecule has 5 rings (SSSR count). The first-order valence-corrected chi connectivity index (χ1v) is 11.1. The van der Waals surface area contributed by atoms with Crippen LogP contribution in [0, 0.1) is 6.92 Å². The van der Waals surface area contributed by atoms with E-state index in [-0.39, 0.29) is 17.4 Å². The van der Waals surface area contributed by atoms with Gasteiger partial charge in [-0.25, -0.2) is 0 Å². The van der Waals surface area contributed by atoms with Crippen molar-refractivity contribution in [2.24, 2.45) is 0 Å². The number of aryl methyl sites for hydroxylation is 1. The first kappa shape index (κ1) is 19.3. The summed E-state index contributed by atoms with van der Waals surface area (Å²) in [5.74, 6) is -0.541. The van der Waals surface area contributed by atoms with Crippen LogP contribution in [0.3, 0.4) is 0 Å². The lowest BCUT2D eigenvalue weighted by atomic mass is 9.97. The zero-order valence-corrected chi connectivity index (χ0v) is 17.5. The van der Waals surface area contributed by atoms with Gasteiger partial charge in [-0.05, 0) is 60.5 Å². The minimum absolute atomic E-state index is 0.0804. The van der Waals surface area contributed by atoms with Gasteiger partial charge < -0.3 is 19.5 Å². The van der Waals surface area contributed by atoms with E-state index in [0.717, 1.165) is 41.0 Å². The number of aliphatic hydroxyl groups is 1. The third-order valence-corrected chi connectivity index (χ3v) is 7.15. The molecule has 2 aromatic rings. The van der Waals surface area contributed by atoms with Crippen molar-refractivity contribution in [2.75, 3.05) is 19.8 Å². The van der Waals surface area contributed by atoms with Crippen molar-refractivity contribution in [2.45, 2.75) is 38.3 Å². The highest BCUT2D eigenvalue weighted by Gasteiger charge is 2.48. The Kier molecular flexibility index (Phi) is 4.87. The van der Waals surface area contributed by atoms with E-state index in [1.807, 2.05) is 30.5 Å². The van der Waals surface area contributed by atoms with Crippen LogP contribution in [-0.4, -0.2) is 47.6 Å². The van der Waals surface area contributed by atoms with Crippen LogP contribution in [0.15, 0.2) is 35.2 Å². The van der Waals surface area contributed by atoms with E-state index >= 15 is 0 Å². The SMILES string of the molecule is Cc1ccsc1C1/C(=C(/O)c2ccc3c(c2)CCO3)C(=O)C(=O)N1CC1CCCO1. The molecule has 2 unspecified atom stereocenters. The number of carbonyl (C=O) groups is 2. The maximum absolute atomic E-state index is 13.1. The number of ketones is 1. The predicted molar refractivity (Wildman–Crippen MR) is 113 cm³/mol. The van der Waals surface area contributed by atoms with Crippen LogP contribution in [0.1, 0.15) is 40.5 Å². The summed E-state index contributed by atoms with van der Waals surface area (Å²) >= 11 is 1.50. The second-order valence-corrected chi connectivity index (χ2v) is 8.92. The zero-order chi connectivity index (χ0) is 20.8. The molecule has 3 aliphatic rings. The van der Waals surface area contributed by atoms with E-state index in [1.165, 1.54) is 11.3 Å². The summed E-state index contributed by atoms with van der Waals surface area (Å²) in [7, 11) is 0. The molecule has 1 aromatic heterocycles. The Morgan fingerprint density at radius 2 is 2.13 bits per heavy atom. The summed E-state index contributed by atoms with van der Waals surface area (Å²) in [4.78, 5) is 28.6.